The van der Waals surface area contributed by atoms with Crippen LogP contribution >= 0.6 is 0 Å². The molecule has 3 aliphatic heterocycles. The molecule has 0 atom stereocenters. The normalized spacial score (nSPS) is 20.0. The molecule has 0 bridgehead atoms. The summed E-state index contributed by atoms with van der Waals surface area (Å²) in [7, 11) is 2.17. The maximum absolute atomic E-state index is 13.0. The molecule has 5 nitrogen and oxygen atoms in total. The molecule has 0 aliphatic carbocycles. The summed E-state index contributed by atoms with van der Waals surface area (Å²) in [5.74, 6) is 0. The Labute approximate surface area is 183 Å². The van der Waals surface area contributed by atoms with E-state index in [0.717, 1.165) is 61.5 Å². The van der Waals surface area contributed by atoms with E-state index in [1.54, 1.807) is 0 Å². The lowest BCUT2D eigenvalue weighted by Gasteiger charge is -2.30. The first-order valence-electron chi connectivity index (χ1n) is 11.0. The number of likely N-dealkylation sites (N-methyl/N-ethyl adjacent to an activating group) is 1. The Balaban J connectivity index is 1.51. The molecule has 0 unspecified atom stereocenters. The minimum Gasteiger partial charge on any atom is -0.422 e. The molecule has 0 N–H and O–H groups in total. The SMILES string of the molecule is CC1=CC2=CC(c3cc4ccc(N5CCCN(C)CC5)cc4oc3=O)=C(C)CN2C=C1. The summed E-state index contributed by atoms with van der Waals surface area (Å²) in [6.07, 6.45) is 9.61. The van der Waals surface area contributed by atoms with Gasteiger partial charge in [-0.15, -0.1) is 0 Å². The van der Waals surface area contributed by atoms with E-state index in [0.29, 0.717) is 11.1 Å². The van der Waals surface area contributed by atoms with Crippen molar-refractivity contribution in [3.8, 4) is 0 Å². The average Bonchev–Trinajstić information content (AvgIpc) is 2.97. The van der Waals surface area contributed by atoms with Gasteiger partial charge in [0.25, 0.3) is 0 Å². The van der Waals surface area contributed by atoms with E-state index in [2.05, 4.69) is 72.2 Å². The van der Waals surface area contributed by atoms with Gasteiger partial charge in [0.1, 0.15) is 5.58 Å². The van der Waals surface area contributed by atoms with Crippen molar-refractivity contribution < 1.29 is 4.42 Å². The van der Waals surface area contributed by atoms with Crippen LogP contribution in [0.1, 0.15) is 25.8 Å². The van der Waals surface area contributed by atoms with Gasteiger partial charge in [0.05, 0.1) is 5.56 Å². The number of allylic oxidation sites excluding steroid dienone is 5. The predicted molar refractivity (Wildman–Crippen MR) is 127 cm³/mol. The van der Waals surface area contributed by atoms with Crippen molar-refractivity contribution >= 4 is 22.2 Å². The van der Waals surface area contributed by atoms with Gasteiger partial charge < -0.3 is 19.1 Å². The van der Waals surface area contributed by atoms with Crippen molar-refractivity contribution in [2.75, 3.05) is 44.7 Å². The summed E-state index contributed by atoms with van der Waals surface area (Å²) in [6, 6.07) is 8.24. The van der Waals surface area contributed by atoms with Crippen LogP contribution in [0.15, 0.2) is 74.7 Å². The second kappa shape index (κ2) is 7.89. The molecular weight excluding hydrogens is 386 g/mol. The van der Waals surface area contributed by atoms with Crippen molar-refractivity contribution in [2.45, 2.75) is 20.3 Å². The Morgan fingerprint density at radius 1 is 1.00 bits per heavy atom. The van der Waals surface area contributed by atoms with E-state index in [1.165, 1.54) is 11.1 Å². The number of anilines is 1. The zero-order chi connectivity index (χ0) is 21.5. The topological polar surface area (TPSA) is 39.9 Å². The highest BCUT2D eigenvalue weighted by molar-refractivity contribution is 5.87. The maximum atomic E-state index is 13.0. The Kier molecular flexibility index (Phi) is 5.06. The number of hydrogen-bond donors (Lipinski definition) is 0. The van der Waals surface area contributed by atoms with Gasteiger partial charge >= 0.3 is 5.63 Å². The molecule has 5 heteroatoms. The minimum atomic E-state index is -0.271. The fourth-order valence-electron chi connectivity index (χ4n) is 4.63. The van der Waals surface area contributed by atoms with Gasteiger partial charge in [0.2, 0.25) is 0 Å². The lowest BCUT2D eigenvalue weighted by molar-refractivity contribution is 0.360. The Morgan fingerprint density at radius 2 is 1.87 bits per heavy atom. The molecule has 3 aliphatic rings. The lowest BCUT2D eigenvalue weighted by Crippen LogP contribution is -2.28. The third kappa shape index (κ3) is 3.86. The summed E-state index contributed by atoms with van der Waals surface area (Å²) in [6.45, 7) is 9.13. The molecule has 0 spiro atoms. The maximum Gasteiger partial charge on any atom is 0.344 e. The van der Waals surface area contributed by atoms with E-state index >= 15 is 0 Å². The van der Waals surface area contributed by atoms with Crippen LogP contribution in [0.2, 0.25) is 0 Å². The van der Waals surface area contributed by atoms with Crippen molar-refractivity contribution in [2.24, 2.45) is 0 Å². The fraction of sp³-hybridized carbons (Fsp3) is 0.346. The van der Waals surface area contributed by atoms with E-state index in [-0.39, 0.29) is 5.63 Å². The number of hydrogen-bond acceptors (Lipinski definition) is 5. The second-order valence-electron chi connectivity index (χ2n) is 8.91. The second-order valence-corrected chi connectivity index (χ2v) is 8.91. The smallest absolute Gasteiger partial charge is 0.344 e. The van der Waals surface area contributed by atoms with Crippen molar-refractivity contribution in [1.82, 2.24) is 9.80 Å². The molecule has 1 saturated heterocycles. The van der Waals surface area contributed by atoms with E-state index in [4.69, 9.17) is 4.42 Å². The summed E-state index contributed by atoms with van der Waals surface area (Å²) < 4.78 is 5.84. The third-order valence-corrected chi connectivity index (χ3v) is 6.48. The van der Waals surface area contributed by atoms with Gasteiger partial charge in [-0.3, -0.25) is 0 Å². The van der Waals surface area contributed by atoms with Gasteiger partial charge in [0.15, 0.2) is 0 Å². The monoisotopic (exact) mass is 415 g/mol. The van der Waals surface area contributed by atoms with E-state index in [1.807, 2.05) is 12.1 Å². The van der Waals surface area contributed by atoms with Gasteiger partial charge in [-0.05, 0) is 87.0 Å². The minimum absolute atomic E-state index is 0.271. The first kappa shape index (κ1) is 19.9. The van der Waals surface area contributed by atoms with Gasteiger partial charge in [-0.25, -0.2) is 4.79 Å². The molecule has 4 heterocycles. The highest BCUT2D eigenvalue weighted by Gasteiger charge is 2.21. The molecule has 0 radical (unpaired) electrons. The molecule has 0 saturated carbocycles. The van der Waals surface area contributed by atoms with Gasteiger partial charge in [0, 0.05) is 55.2 Å². The molecule has 1 aromatic heterocycles. The van der Waals surface area contributed by atoms with Crippen LogP contribution < -0.4 is 10.5 Å². The summed E-state index contributed by atoms with van der Waals surface area (Å²) in [4.78, 5) is 19.9. The van der Waals surface area contributed by atoms with Crippen LogP contribution in [0.4, 0.5) is 5.69 Å². The number of rotatable bonds is 2. The highest BCUT2D eigenvalue weighted by Crippen LogP contribution is 2.32. The quantitative estimate of drug-likeness (QED) is 0.681. The van der Waals surface area contributed by atoms with Crippen LogP contribution in [-0.4, -0.2) is 49.6 Å². The average molecular weight is 416 g/mol. The van der Waals surface area contributed by atoms with Crippen LogP contribution in [0.25, 0.3) is 16.5 Å². The van der Waals surface area contributed by atoms with Gasteiger partial charge in [-0.2, -0.15) is 0 Å². The Hall–Kier alpha value is -3.05. The molecule has 2 aromatic rings. The lowest BCUT2D eigenvalue weighted by atomic mass is 9.95. The molecule has 0 amide bonds. The Bertz CT molecular complexity index is 1210. The first-order valence-corrected chi connectivity index (χ1v) is 11.0. The first-order chi connectivity index (χ1) is 15.0. The predicted octanol–water partition coefficient (Wildman–Crippen LogP) is 4.38. The zero-order valence-corrected chi connectivity index (χ0v) is 18.5. The van der Waals surface area contributed by atoms with Crippen molar-refractivity contribution in [3.05, 3.63) is 81.5 Å². The molecule has 1 fully saturated rings. The van der Waals surface area contributed by atoms with Crippen LogP contribution in [0, 0.1) is 0 Å². The molecule has 160 valence electrons. The highest BCUT2D eigenvalue weighted by atomic mass is 16.4. The van der Waals surface area contributed by atoms with Crippen molar-refractivity contribution in [1.29, 1.82) is 0 Å². The molecule has 1 aromatic carbocycles. The van der Waals surface area contributed by atoms with Crippen LogP contribution in [-0.2, 0) is 0 Å². The largest absolute Gasteiger partial charge is 0.422 e. The van der Waals surface area contributed by atoms with E-state index < -0.39 is 0 Å². The zero-order valence-electron chi connectivity index (χ0n) is 18.5. The van der Waals surface area contributed by atoms with Crippen molar-refractivity contribution in [3.63, 3.8) is 0 Å². The molecule has 31 heavy (non-hydrogen) atoms. The third-order valence-electron chi connectivity index (χ3n) is 6.48. The number of benzene rings is 1. The number of nitrogens with zero attached hydrogens (tertiary/aromatic N) is 3. The standard InChI is InChI=1S/C26H29N3O2/c1-18-7-10-29-17-19(2)23(15-22(29)13-18)24-14-20-5-6-21(16-25(20)31-26(24)30)28-9-4-8-27(3)11-12-28/h5-7,10,13-16H,4,8-9,11-12,17H2,1-3H3. The van der Waals surface area contributed by atoms with Crippen LogP contribution in [0.3, 0.4) is 0 Å². The number of fused-ring (bicyclic) bond motifs is 2. The van der Waals surface area contributed by atoms with Gasteiger partial charge in [-0.1, -0.05) is 0 Å². The molecular formula is C26H29N3O2. The summed E-state index contributed by atoms with van der Waals surface area (Å²) >= 11 is 0. The summed E-state index contributed by atoms with van der Waals surface area (Å²) in [5, 5.41) is 0.960. The van der Waals surface area contributed by atoms with E-state index in [9.17, 15) is 4.79 Å². The molecule has 5 rings (SSSR count). The summed E-state index contributed by atoms with van der Waals surface area (Å²) in [5.41, 5.74) is 6.61. The Morgan fingerprint density at radius 3 is 2.74 bits per heavy atom. The fourth-order valence-corrected chi connectivity index (χ4v) is 4.63. The van der Waals surface area contributed by atoms with Crippen LogP contribution in [0.5, 0.6) is 0 Å².